The van der Waals surface area contributed by atoms with Gasteiger partial charge < -0.3 is 0 Å². The average molecular weight is 568 g/mol. The summed E-state index contributed by atoms with van der Waals surface area (Å²) in [6.07, 6.45) is 0. The van der Waals surface area contributed by atoms with Gasteiger partial charge in [0.2, 0.25) is 0 Å². The van der Waals surface area contributed by atoms with E-state index in [1.807, 2.05) is 127 Å². The van der Waals surface area contributed by atoms with Crippen molar-refractivity contribution in [2.24, 2.45) is 0 Å². The van der Waals surface area contributed by atoms with Crippen LogP contribution < -0.4 is 5.56 Å². The van der Waals surface area contributed by atoms with E-state index >= 15 is 0 Å². The molecule has 4 heterocycles. The van der Waals surface area contributed by atoms with Gasteiger partial charge in [0.25, 0.3) is 5.56 Å². The van der Waals surface area contributed by atoms with Crippen LogP contribution in [0.5, 0.6) is 0 Å². The molecule has 206 valence electrons. The van der Waals surface area contributed by atoms with E-state index in [2.05, 4.69) is 4.40 Å². The van der Waals surface area contributed by atoms with Crippen molar-refractivity contribution in [2.45, 2.75) is 0 Å². The minimum absolute atomic E-state index is 0.143. The molecule has 0 saturated heterocycles. The van der Waals surface area contributed by atoms with Crippen molar-refractivity contribution in [1.29, 1.82) is 0 Å². The number of aromatic nitrogens is 7. The van der Waals surface area contributed by atoms with Crippen molar-refractivity contribution >= 4 is 44.3 Å². The van der Waals surface area contributed by atoms with Crippen molar-refractivity contribution < 1.29 is 0 Å². The second kappa shape index (κ2) is 9.37. The zero-order chi connectivity index (χ0) is 29.2. The Kier molecular flexibility index (Phi) is 5.18. The Morgan fingerprint density at radius 1 is 0.409 bits per heavy atom. The van der Waals surface area contributed by atoms with E-state index in [4.69, 9.17) is 24.9 Å². The first-order valence-corrected chi connectivity index (χ1v) is 14.2. The Morgan fingerprint density at radius 2 is 0.955 bits per heavy atom. The fraction of sp³-hybridized carbons (Fsp3) is 0. The van der Waals surface area contributed by atoms with Gasteiger partial charge in [0.05, 0.1) is 33.0 Å². The summed E-state index contributed by atoms with van der Waals surface area (Å²) in [5.41, 5.74) is 7.41. The number of para-hydroxylation sites is 3. The first-order chi connectivity index (χ1) is 21.7. The smallest absolute Gasteiger partial charge is 0.266 e. The van der Waals surface area contributed by atoms with Gasteiger partial charge in [-0.2, -0.15) is 0 Å². The fourth-order valence-electron chi connectivity index (χ4n) is 5.89. The Balaban J connectivity index is 1.39. The first-order valence-electron chi connectivity index (χ1n) is 14.2. The molecule has 4 aromatic heterocycles. The largest absolute Gasteiger partial charge is 0.288 e. The zero-order valence-corrected chi connectivity index (χ0v) is 23.2. The molecular weight excluding hydrogens is 546 g/mol. The second-order valence-corrected chi connectivity index (χ2v) is 10.6. The molecule has 0 bridgehead atoms. The molecule has 0 fully saturated rings. The molecule has 0 amide bonds. The quantitative estimate of drug-likeness (QED) is 0.169. The molecule has 0 aliphatic rings. The Hall–Kier alpha value is -6.28. The predicted molar refractivity (Wildman–Crippen MR) is 172 cm³/mol. The molecular formula is C36H21N7O. The number of hydrogen-bond donors (Lipinski definition) is 0. The van der Waals surface area contributed by atoms with Gasteiger partial charge in [-0.25, -0.2) is 24.9 Å². The highest BCUT2D eigenvalue weighted by atomic mass is 16.1. The zero-order valence-electron chi connectivity index (χ0n) is 23.2. The maximum Gasteiger partial charge on any atom is 0.266 e. The van der Waals surface area contributed by atoms with Crippen molar-refractivity contribution in [3.63, 3.8) is 0 Å². The standard InChI is InChI=1S/C36H21N7O/c44-36-25-15-7-8-16-26(25)37-35-34-38-27-17-9-10-18-28(27)42(34)30-21-24(19-20-29(30)43(35)36)33-40-31(22-11-3-1-4-12-22)39-32(41-33)23-13-5-2-6-14-23/h1-21H. The molecule has 8 nitrogen and oxygen atoms in total. The van der Waals surface area contributed by atoms with E-state index in [0.29, 0.717) is 45.2 Å². The van der Waals surface area contributed by atoms with Crippen LogP contribution in [0.25, 0.3) is 78.4 Å². The molecule has 0 unspecified atom stereocenters. The second-order valence-electron chi connectivity index (χ2n) is 10.6. The molecule has 8 heteroatoms. The van der Waals surface area contributed by atoms with Gasteiger partial charge in [-0.1, -0.05) is 84.9 Å². The van der Waals surface area contributed by atoms with Crippen molar-refractivity contribution in [3.8, 4) is 34.2 Å². The van der Waals surface area contributed by atoms with Crippen LogP contribution >= 0.6 is 0 Å². The van der Waals surface area contributed by atoms with Crippen LogP contribution in [0.3, 0.4) is 0 Å². The Morgan fingerprint density at radius 3 is 1.66 bits per heavy atom. The van der Waals surface area contributed by atoms with Crippen LogP contribution in [0, 0.1) is 0 Å². The highest BCUT2D eigenvalue weighted by molar-refractivity contribution is 5.97. The summed E-state index contributed by atoms with van der Waals surface area (Å²) in [5.74, 6) is 1.69. The van der Waals surface area contributed by atoms with E-state index < -0.39 is 0 Å². The normalized spacial score (nSPS) is 11.7. The highest BCUT2D eigenvalue weighted by Crippen LogP contribution is 2.30. The molecule has 0 aliphatic heterocycles. The summed E-state index contributed by atoms with van der Waals surface area (Å²) in [5, 5.41) is 0.549. The third-order valence-electron chi connectivity index (χ3n) is 7.95. The molecule has 9 aromatic rings. The van der Waals surface area contributed by atoms with Gasteiger partial charge >= 0.3 is 0 Å². The van der Waals surface area contributed by atoms with Crippen LogP contribution in [-0.2, 0) is 0 Å². The SMILES string of the molecule is O=c1c2ccccc2nc2c3nc4ccccc4n3c3cc(-c4nc(-c5ccccc5)nc(-c5ccccc5)n4)ccc3n12. The molecule has 0 N–H and O–H groups in total. The monoisotopic (exact) mass is 567 g/mol. The van der Waals surface area contributed by atoms with Gasteiger partial charge in [-0.3, -0.25) is 13.6 Å². The average Bonchev–Trinajstić information content (AvgIpc) is 3.49. The predicted octanol–water partition coefficient (Wildman–Crippen LogP) is 6.99. The Bertz CT molecular complexity index is 2570. The van der Waals surface area contributed by atoms with Gasteiger partial charge in [0.15, 0.2) is 28.8 Å². The van der Waals surface area contributed by atoms with E-state index in [1.165, 1.54) is 0 Å². The van der Waals surface area contributed by atoms with Gasteiger partial charge in [0, 0.05) is 16.7 Å². The van der Waals surface area contributed by atoms with Crippen LogP contribution in [0.4, 0.5) is 0 Å². The minimum Gasteiger partial charge on any atom is -0.288 e. The molecule has 0 spiro atoms. The van der Waals surface area contributed by atoms with E-state index in [1.54, 1.807) is 4.40 Å². The summed E-state index contributed by atoms with van der Waals surface area (Å²) < 4.78 is 3.74. The molecule has 5 aromatic carbocycles. The van der Waals surface area contributed by atoms with Crippen LogP contribution in [-0.4, -0.2) is 33.7 Å². The number of rotatable bonds is 3. The molecule has 0 atom stereocenters. The number of fused-ring (bicyclic) bond motifs is 9. The highest BCUT2D eigenvalue weighted by Gasteiger charge is 2.19. The summed E-state index contributed by atoms with van der Waals surface area (Å²) in [4.78, 5) is 38.5. The van der Waals surface area contributed by atoms with Gasteiger partial charge in [-0.05, 0) is 42.5 Å². The van der Waals surface area contributed by atoms with Gasteiger partial charge in [-0.15, -0.1) is 0 Å². The maximum atomic E-state index is 14.0. The van der Waals surface area contributed by atoms with Crippen LogP contribution in [0.15, 0.2) is 132 Å². The van der Waals surface area contributed by atoms with Crippen molar-refractivity contribution in [1.82, 2.24) is 33.7 Å². The first kappa shape index (κ1) is 24.3. The van der Waals surface area contributed by atoms with E-state index in [-0.39, 0.29) is 5.56 Å². The fourth-order valence-corrected chi connectivity index (χ4v) is 5.89. The van der Waals surface area contributed by atoms with Crippen LogP contribution in [0.2, 0.25) is 0 Å². The van der Waals surface area contributed by atoms with E-state index in [0.717, 1.165) is 33.2 Å². The van der Waals surface area contributed by atoms with E-state index in [9.17, 15) is 4.79 Å². The minimum atomic E-state index is -0.143. The number of benzene rings is 5. The summed E-state index contributed by atoms with van der Waals surface area (Å²) >= 11 is 0. The summed E-state index contributed by atoms with van der Waals surface area (Å²) in [6, 6.07) is 41.1. The molecule has 44 heavy (non-hydrogen) atoms. The third-order valence-corrected chi connectivity index (χ3v) is 7.95. The van der Waals surface area contributed by atoms with Crippen LogP contribution in [0.1, 0.15) is 0 Å². The molecule has 9 rings (SSSR count). The lowest BCUT2D eigenvalue weighted by Gasteiger charge is -2.13. The lowest BCUT2D eigenvalue weighted by Crippen LogP contribution is -2.17. The third kappa shape index (κ3) is 3.64. The molecule has 0 radical (unpaired) electrons. The number of imidazole rings is 1. The molecule has 0 aliphatic carbocycles. The lowest BCUT2D eigenvalue weighted by atomic mass is 10.1. The maximum absolute atomic E-state index is 14.0. The summed E-state index contributed by atoms with van der Waals surface area (Å²) in [6.45, 7) is 0. The number of hydrogen-bond acceptors (Lipinski definition) is 6. The Labute approximate surface area is 249 Å². The van der Waals surface area contributed by atoms with Crippen molar-refractivity contribution in [2.75, 3.05) is 0 Å². The number of nitrogens with zero attached hydrogens (tertiary/aromatic N) is 7. The molecule has 0 saturated carbocycles. The van der Waals surface area contributed by atoms with Gasteiger partial charge in [0.1, 0.15) is 0 Å². The topological polar surface area (TPSA) is 90.3 Å². The van der Waals surface area contributed by atoms with Crippen molar-refractivity contribution in [3.05, 3.63) is 138 Å². The summed E-state index contributed by atoms with van der Waals surface area (Å²) in [7, 11) is 0. The lowest BCUT2D eigenvalue weighted by molar-refractivity contribution is 1.07.